The smallest absolute Gasteiger partial charge is 0.338 e. The maximum Gasteiger partial charge on any atom is 0.338 e. The molecule has 0 aliphatic carbocycles. The van der Waals surface area contributed by atoms with Crippen molar-refractivity contribution in [3.8, 4) is 0 Å². The van der Waals surface area contributed by atoms with Gasteiger partial charge in [-0.3, -0.25) is 0 Å². The van der Waals surface area contributed by atoms with Crippen molar-refractivity contribution >= 4 is 21.9 Å². The number of halogens is 1. The number of rotatable bonds is 3. The van der Waals surface area contributed by atoms with Crippen LogP contribution in [0.15, 0.2) is 18.2 Å². The summed E-state index contributed by atoms with van der Waals surface area (Å²) >= 11 is 3.35. The van der Waals surface area contributed by atoms with Crippen LogP contribution in [0.25, 0.3) is 0 Å². The van der Waals surface area contributed by atoms with Gasteiger partial charge in [0.25, 0.3) is 0 Å². The van der Waals surface area contributed by atoms with E-state index in [9.17, 15) is 4.79 Å². The molecule has 0 aromatic heterocycles. The Bertz CT molecular complexity index is 334. The highest BCUT2D eigenvalue weighted by Crippen LogP contribution is 2.14. The van der Waals surface area contributed by atoms with E-state index in [1.807, 2.05) is 32.0 Å². The lowest BCUT2D eigenvalue weighted by Crippen LogP contribution is -2.07. The first-order chi connectivity index (χ1) is 6.69. The molecule has 0 saturated carbocycles. The van der Waals surface area contributed by atoms with Crippen molar-refractivity contribution in [1.29, 1.82) is 0 Å². The van der Waals surface area contributed by atoms with E-state index in [0.29, 0.717) is 12.2 Å². The number of benzene rings is 1. The molecule has 0 unspecified atom stereocenters. The van der Waals surface area contributed by atoms with Crippen LogP contribution < -0.4 is 0 Å². The Morgan fingerprint density at radius 1 is 1.50 bits per heavy atom. The molecule has 2 nitrogen and oxygen atoms in total. The van der Waals surface area contributed by atoms with Crippen molar-refractivity contribution in [2.45, 2.75) is 19.2 Å². The number of carbonyl (C=O) groups is 1. The van der Waals surface area contributed by atoms with Gasteiger partial charge in [-0.25, -0.2) is 4.79 Å². The van der Waals surface area contributed by atoms with E-state index in [4.69, 9.17) is 4.74 Å². The summed E-state index contributed by atoms with van der Waals surface area (Å²) in [5.74, 6) is -0.243. The van der Waals surface area contributed by atoms with Gasteiger partial charge in [-0.2, -0.15) is 0 Å². The molecule has 0 radical (unpaired) electrons. The number of carbonyl (C=O) groups excluding carboxylic acids is 1. The lowest BCUT2D eigenvalue weighted by atomic mass is 10.1. The van der Waals surface area contributed by atoms with Gasteiger partial charge in [0.05, 0.1) is 12.2 Å². The second kappa shape index (κ2) is 5.15. The summed E-state index contributed by atoms with van der Waals surface area (Å²) in [5, 5.41) is 0.750. The zero-order chi connectivity index (χ0) is 10.6. The van der Waals surface area contributed by atoms with E-state index in [-0.39, 0.29) is 5.97 Å². The molecular formula is C11H13BrO2. The Hall–Kier alpha value is -0.830. The summed E-state index contributed by atoms with van der Waals surface area (Å²) in [6.07, 6.45) is 0. The molecular weight excluding hydrogens is 244 g/mol. The second-order valence-corrected chi connectivity index (χ2v) is 3.56. The maximum atomic E-state index is 11.5. The Morgan fingerprint density at radius 2 is 2.21 bits per heavy atom. The van der Waals surface area contributed by atoms with Gasteiger partial charge in [-0.15, -0.1) is 0 Å². The number of aryl methyl sites for hydroxylation is 1. The minimum Gasteiger partial charge on any atom is -0.462 e. The highest BCUT2D eigenvalue weighted by Gasteiger charge is 2.09. The molecule has 14 heavy (non-hydrogen) atoms. The third-order valence-electron chi connectivity index (χ3n) is 1.95. The van der Waals surface area contributed by atoms with Gasteiger partial charge in [-0.1, -0.05) is 28.1 Å². The van der Waals surface area contributed by atoms with E-state index in [0.717, 1.165) is 16.5 Å². The molecule has 0 bridgehead atoms. The van der Waals surface area contributed by atoms with Gasteiger partial charge in [0.15, 0.2) is 0 Å². The largest absolute Gasteiger partial charge is 0.462 e. The number of esters is 1. The standard InChI is InChI=1S/C11H13BrO2/c1-3-14-11(13)10-6-9(7-12)5-4-8(10)2/h4-6H,3,7H2,1-2H3. The molecule has 0 N–H and O–H groups in total. The van der Waals surface area contributed by atoms with Gasteiger partial charge < -0.3 is 4.74 Å². The normalized spacial score (nSPS) is 9.93. The first-order valence-corrected chi connectivity index (χ1v) is 5.63. The lowest BCUT2D eigenvalue weighted by molar-refractivity contribution is 0.0525. The fourth-order valence-electron chi connectivity index (χ4n) is 1.18. The van der Waals surface area contributed by atoms with E-state index < -0.39 is 0 Å². The molecule has 1 rings (SSSR count). The summed E-state index contributed by atoms with van der Waals surface area (Å²) in [4.78, 5) is 11.5. The number of alkyl halides is 1. The van der Waals surface area contributed by atoms with Crippen LogP contribution >= 0.6 is 15.9 Å². The summed E-state index contributed by atoms with van der Waals surface area (Å²) < 4.78 is 4.95. The molecule has 0 spiro atoms. The highest BCUT2D eigenvalue weighted by molar-refractivity contribution is 9.08. The molecule has 1 aromatic rings. The maximum absolute atomic E-state index is 11.5. The zero-order valence-corrected chi connectivity index (χ0v) is 9.93. The van der Waals surface area contributed by atoms with Crippen molar-refractivity contribution in [3.63, 3.8) is 0 Å². The van der Waals surface area contributed by atoms with Crippen LogP contribution in [0.2, 0.25) is 0 Å². The monoisotopic (exact) mass is 256 g/mol. The van der Waals surface area contributed by atoms with Crippen LogP contribution in [0.4, 0.5) is 0 Å². The highest BCUT2D eigenvalue weighted by atomic mass is 79.9. The summed E-state index contributed by atoms with van der Waals surface area (Å²) in [5.41, 5.74) is 2.69. The van der Waals surface area contributed by atoms with Crippen LogP contribution in [-0.4, -0.2) is 12.6 Å². The Labute approximate surface area is 92.4 Å². The molecule has 3 heteroatoms. The zero-order valence-electron chi connectivity index (χ0n) is 8.34. The van der Waals surface area contributed by atoms with E-state index in [1.165, 1.54) is 0 Å². The average Bonchev–Trinajstić information content (AvgIpc) is 2.19. The van der Waals surface area contributed by atoms with Gasteiger partial charge >= 0.3 is 5.97 Å². The van der Waals surface area contributed by atoms with Crippen molar-refractivity contribution in [3.05, 3.63) is 34.9 Å². The number of ether oxygens (including phenoxy) is 1. The Morgan fingerprint density at radius 3 is 2.79 bits per heavy atom. The lowest BCUT2D eigenvalue weighted by Gasteiger charge is -2.06. The summed E-state index contributed by atoms with van der Waals surface area (Å²) in [6, 6.07) is 5.79. The summed E-state index contributed by atoms with van der Waals surface area (Å²) in [6.45, 7) is 4.13. The van der Waals surface area contributed by atoms with E-state index >= 15 is 0 Å². The summed E-state index contributed by atoms with van der Waals surface area (Å²) in [7, 11) is 0. The van der Waals surface area contributed by atoms with Crippen LogP contribution in [0.1, 0.15) is 28.4 Å². The van der Waals surface area contributed by atoms with Crippen LogP contribution in [0, 0.1) is 6.92 Å². The van der Waals surface area contributed by atoms with Gasteiger partial charge in [0.1, 0.15) is 0 Å². The van der Waals surface area contributed by atoms with Crippen LogP contribution in [-0.2, 0) is 10.1 Å². The fourth-order valence-corrected chi connectivity index (χ4v) is 1.53. The predicted octanol–water partition coefficient (Wildman–Crippen LogP) is 3.07. The molecule has 1 aromatic carbocycles. The first-order valence-electron chi connectivity index (χ1n) is 4.51. The minimum atomic E-state index is -0.243. The first kappa shape index (κ1) is 11.2. The van der Waals surface area contributed by atoms with Gasteiger partial charge in [0.2, 0.25) is 0 Å². The molecule has 0 amide bonds. The van der Waals surface area contributed by atoms with Crippen LogP contribution in [0.3, 0.4) is 0 Å². The molecule has 0 aliphatic rings. The molecule has 0 heterocycles. The molecule has 0 fully saturated rings. The van der Waals surface area contributed by atoms with Crippen molar-refractivity contribution in [2.24, 2.45) is 0 Å². The van der Waals surface area contributed by atoms with Crippen LogP contribution in [0.5, 0.6) is 0 Å². The second-order valence-electron chi connectivity index (χ2n) is 3.00. The Kier molecular flexibility index (Phi) is 4.14. The van der Waals surface area contributed by atoms with Gasteiger partial charge in [0, 0.05) is 5.33 Å². The number of hydrogen-bond donors (Lipinski definition) is 0. The quantitative estimate of drug-likeness (QED) is 0.614. The van der Waals surface area contributed by atoms with E-state index in [2.05, 4.69) is 15.9 Å². The fraction of sp³-hybridized carbons (Fsp3) is 0.364. The molecule has 76 valence electrons. The third kappa shape index (κ3) is 2.58. The topological polar surface area (TPSA) is 26.3 Å². The average molecular weight is 257 g/mol. The third-order valence-corrected chi connectivity index (χ3v) is 2.60. The molecule has 0 atom stereocenters. The van der Waals surface area contributed by atoms with Crippen molar-refractivity contribution in [2.75, 3.05) is 6.61 Å². The number of hydrogen-bond acceptors (Lipinski definition) is 2. The predicted molar refractivity (Wildman–Crippen MR) is 59.8 cm³/mol. The Balaban J connectivity index is 2.99. The van der Waals surface area contributed by atoms with Gasteiger partial charge in [-0.05, 0) is 31.0 Å². The van der Waals surface area contributed by atoms with Crippen molar-refractivity contribution in [1.82, 2.24) is 0 Å². The van der Waals surface area contributed by atoms with Crippen molar-refractivity contribution < 1.29 is 9.53 Å². The van der Waals surface area contributed by atoms with E-state index in [1.54, 1.807) is 0 Å². The minimum absolute atomic E-state index is 0.243. The molecule has 0 saturated heterocycles. The molecule has 0 aliphatic heterocycles. The SMILES string of the molecule is CCOC(=O)c1cc(CBr)ccc1C.